The Kier molecular flexibility index (Phi) is 5.05. The van der Waals surface area contributed by atoms with Gasteiger partial charge in [0.05, 0.1) is 6.10 Å². The van der Waals surface area contributed by atoms with Crippen LogP contribution in [0.5, 0.6) is 0 Å². The molecule has 3 atom stereocenters. The standard InChI is InChI=1S/C15H30N2O/c1-4-14-13(7-10-18-14)11-17-9-6-8-16-15(3,5-2)12-17/h13-14,16H,4-12H2,1-3H3. The van der Waals surface area contributed by atoms with Gasteiger partial charge in [-0.2, -0.15) is 0 Å². The van der Waals surface area contributed by atoms with Gasteiger partial charge in [-0.15, -0.1) is 0 Å². The first kappa shape index (κ1) is 14.3. The molecule has 0 aliphatic carbocycles. The fourth-order valence-corrected chi connectivity index (χ4v) is 3.40. The van der Waals surface area contributed by atoms with Gasteiger partial charge < -0.3 is 15.0 Å². The summed E-state index contributed by atoms with van der Waals surface area (Å²) in [5, 5.41) is 3.71. The molecule has 0 bridgehead atoms. The molecule has 2 fully saturated rings. The molecule has 2 heterocycles. The van der Waals surface area contributed by atoms with Crippen LogP contribution in [-0.4, -0.2) is 49.3 Å². The lowest BCUT2D eigenvalue weighted by Crippen LogP contribution is -2.49. The topological polar surface area (TPSA) is 24.5 Å². The Bertz CT molecular complexity index is 259. The van der Waals surface area contributed by atoms with Gasteiger partial charge in [-0.05, 0) is 51.6 Å². The van der Waals surface area contributed by atoms with Crippen LogP contribution in [-0.2, 0) is 4.74 Å². The van der Waals surface area contributed by atoms with Crippen molar-refractivity contribution in [1.82, 2.24) is 10.2 Å². The zero-order valence-electron chi connectivity index (χ0n) is 12.4. The van der Waals surface area contributed by atoms with Gasteiger partial charge in [0.2, 0.25) is 0 Å². The molecule has 2 aliphatic heterocycles. The van der Waals surface area contributed by atoms with Gasteiger partial charge in [-0.25, -0.2) is 0 Å². The third-order valence-corrected chi connectivity index (χ3v) is 4.80. The Labute approximate surface area is 112 Å². The minimum Gasteiger partial charge on any atom is -0.378 e. The fraction of sp³-hybridized carbons (Fsp3) is 1.00. The van der Waals surface area contributed by atoms with E-state index in [9.17, 15) is 0 Å². The highest BCUT2D eigenvalue weighted by molar-refractivity contribution is 4.89. The average molecular weight is 254 g/mol. The second-order valence-electron chi connectivity index (χ2n) is 6.30. The SMILES string of the molecule is CCC1OCCC1CN1CCCNC(C)(CC)C1. The quantitative estimate of drug-likeness (QED) is 0.833. The number of ether oxygens (including phenoxy) is 1. The van der Waals surface area contributed by atoms with Crippen LogP contribution in [0.4, 0.5) is 0 Å². The molecule has 0 aromatic rings. The lowest BCUT2D eigenvalue weighted by molar-refractivity contribution is 0.0727. The summed E-state index contributed by atoms with van der Waals surface area (Å²) in [5.74, 6) is 0.759. The first-order chi connectivity index (χ1) is 8.67. The van der Waals surface area contributed by atoms with Crippen molar-refractivity contribution in [2.45, 2.75) is 58.1 Å². The van der Waals surface area contributed by atoms with Crippen molar-refractivity contribution in [2.24, 2.45) is 5.92 Å². The number of nitrogens with zero attached hydrogens (tertiary/aromatic N) is 1. The second kappa shape index (κ2) is 6.36. The first-order valence-electron chi connectivity index (χ1n) is 7.76. The van der Waals surface area contributed by atoms with E-state index in [0.29, 0.717) is 11.6 Å². The van der Waals surface area contributed by atoms with E-state index < -0.39 is 0 Å². The summed E-state index contributed by atoms with van der Waals surface area (Å²) < 4.78 is 5.82. The largest absolute Gasteiger partial charge is 0.378 e. The normalized spacial score (nSPS) is 38.8. The molecule has 18 heavy (non-hydrogen) atoms. The molecule has 0 aromatic heterocycles. The maximum atomic E-state index is 5.82. The summed E-state index contributed by atoms with van der Waals surface area (Å²) in [7, 11) is 0. The molecular formula is C15H30N2O. The van der Waals surface area contributed by atoms with Crippen molar-refractivity contribution in [3.8, 4) is 0 Å². The number of hydrogen-bond donors (Lipinski definition) is 1. The van der Waals surface area contributed by atoms with E-state index in [0.717, 1.165) is 12.5 Å². The number of rotatable bonds is 4. The van der Waals surface area contributed by atoms with Crippen LogP contribution in [0, 0.1) is 5.92 Å². The summed E-state index contributed by atoms with van der Waals surface area (Å²) in [6.07, 6.45) is 5.42. The third-order valence-electron chi connectivity index (χ3n) is 4.80. The zero-order chi connectivity index (χ0) is 13.0. The van der Waals surface area contributed by atoms with E-state index >= 15 is 0 Å². The maximum Gasteiger partial charge on any atom is 0.0613 e. The second-order valence-corrected chi connectivity index (χ2v) is 6.30. The summed E-state index contributed by atoms with van der Waals surface area (Å²) in [6, 6.07) is 0. The van der Waals surface area contributed by atoms with Crippen molar-refractivity contribution >= 4 is 0 Å². The summed E-state index contributed by atoms with van der Waals surface area (Å²) in [6.45, 7) is 12.7. The average Bonchev–Trinajstić information content (AvgIpc) is 2.72. The Morgan fingerprint density at radius 1 is 1.39 bits per heavy atom. The van der Waals surface area contributed by atoms with Gasteiger partial charge in [-0.1, -0.05) is 13.8 Å². The molecule has 0 saturated carbocycles. The number of nitrogens with one attached hydrogen (secondary N) is 1. The zero-order valence-corrected chi connectivity index (χ0v) is 12.4. The molecule has 3 unspecified atom stereocenters. The van der Waals surface area contributed by atoms with Crippen LogP contribution in [0.1, 0.15) is 46.5 Å². The molecule has 0 spiro atoms. The van der Waals surface area contributed by atoms with Crippen molar-refractivity contribution in [2.75, 3.05) is 32.8 Å². The van der Waals surface area contributed by atoms with Gasteiger partial charge >= 0.3 is 0 Å². The lowest BCUT2D eigenvalue weighted by atomic mass is 9.95. The lowest BCUT2D eigenvalue weighted by Gasteiger charge is -2.34. The maximum absolute atomic E-state index is 5.82. The predicted octanol–water partition coefficient (Wildman–Crippen LogP) is 2.27. The van der Waals surface area contributed by atoms with E-state index in [-0.39, 0.29) is 0 Å². The van der Waals surface area contributed by atoms with Crippen LogP contribution in [0.2, 0.25) is 0 Å². The summed E-state index contributed by atoms with van der Waals surface area (Å²) in [5.41, 5.74) is 0.303. The van der Waals surface area contributed by atoms with E-state index in [4.69, 9.17) is 4.74 Å². The molecule has 3 nitrogen and oxygen atoms in total. The van der Waals surface area contributed by atoms with Crippen molar-refractivity contribution in [1.29, 1.82) is 0 Å². The Hall–Kier alpha value is -0.120. The molecule has 0 aromatic carbocycles. The minimum atomic E-state index is 0.303. The molecule has 2 rings (SSSR count). The molecule has 0 radical (unpaired) electrons. The van der Waals surface area contributed by atoms with Crippen molar-refractivity contribution in [3.05, 3.63) is 0 Å². The monoisotopic (exact) mass is 254 g/mol. The third kappa shape index (κ3) is 3.46. The van der Waals surface area contributed by atoms with E-state index in [1.807, 2.05) is 0 Å². The Morgan fingerprint density at radius 3 is 2.94 bits per heavy atom. The van der Waals surface area contributed by atoms with Gasteiger partial charge in [0.1, 0.15) is 0 Å². The highest BCUT2D eigenvalue weighted by Crippen LogP contribution is 2.26. The van der Waals surface area contributed by atoms with Crippen molar-refractivity contribution < 1.29 is 4.74 Å². The number of hydrogen-bond acceptors (Lipinski definition) is 3. The van der Waals surface area contributed by atoms with Crippen molar-refractivity contribution in [3.63, 3.8) is 0 Å². The van der Waals surface area contributed by atoms with Crippen LogP contribution in [0.15, 0.2) is 0 Å². The van der Waals surface area contributed by atoms with E-state index in [1.165, 1.54) is 51.9 Å². The van der Waals surface area contributed by atoms with Crippen LogP contribution < -0.4 is 5.32 Å². The van der Waals surface area contributed by atoms with Crippen LogP contribution in [0.25, 0.3) is 0 Å². The highest BCUT2D eigenvalue weighted by Gasteiger charge is 2.32. The Balaban J connectivity index is 1.91. The van der Waals surface area contributed by atoms with Gasteiger partial charge in [-0.3, -0.25) is 0 Å². The highest BCUT2D eigenvalue weighted by atomic mass is 16.5. The molecule has 106 valence electrons. The molecule has 2 aliphatic rings. The molecule has 3 heteroatoms. The van der Waals surface area contributed by atoms with Gasteiger partial charge in [0.15, 0.2) is 0 Å². The predicted molar refractivity (Wildman–Crippen MR) is 75.9 cm³/mol. The smallest absolute Gasteiger partial charge is 0.0613 e. The summed E-state index contributed by atoms with van der Waals surface area (Å²) >= 11 is 0. The molecule has 0 amide bonds. The summed E-state index contributed by atoms with van der Waals surface area (Å²) in [4.78, 5) is 2.67. The first-order valence-corrected chi connectivity index (χ1v) is 7.76. The molecule has 2 saturated heterocycles. The minimum absolute atomic E-state index is 0.303. The van der Waals surface area contributed by atoms with Crippen LogP contribution in [0.3, 0.4) is 0 Å². The fourth-order valence-electron chi connectivity index (χ4n) is 3.40. The van der Waals surface area contributed by atoms with E-state index in [2.05, 4.69) is 31.0 Å². The van der Waals surface area contributed by atoms with E-state index in [1.54, 1.807) is 0 Å². The van der Waals surface area contributed by atoms with Gasteiger partial charge in [0.25, 0.3) is 0 Å². The Morgan fingerprint density at radius 2 is 2.22 bits per heavy atom. The van der Waals surface area contributed by atoms with Crippen LogP contribution >= 0.6 is 0 Å². The molecular weight excluding hydrogens is 224 g/mol. The van der Waals surface area contributed by atoms with Gasteiger partial charge in [0, 0.05) is 25.2 Å². The molecule has 1 N–H and O–H groups in total.